The van der Waals surface area contributed by atoms with E-state index in [2.05, 4.69) is 62.2 Å². The van der Waals surface area contributed by atoms with Crippen LogP contribution in [0.15, 0.2) is 24.3 Å². The third-order valence-electron chi connectivity index (χ3n) is 5.34. The second kappa shape index (κ2) is 4.57. The van der Waals surface area contributed by atoms with Gasteiger partial charge in [0.2, 0.25) is 5.91 Å². The van der Waals surface area contributed by atoms with Gasteiger partial charge in [0, 0.05) is 6.04 Å². The summed E-state index contributed by atoms with van der Waals surface area (Å²) in [5, 5.41) is 3.59. The predicted octanol–water partition coefficient (Wildman–Crippen LogP) is 3.39. The molecule has 3 nitrogen and oxygen atoms in total. The van der Waals surface area contributed by atoms with Crippen LogP contribution in [0.4, 0.5) is 0 Å². The van der Waals surface area contributed by atoms with E-state index >= 15 is 0 Å². The Bertz CT molecular complexity index is 563. The number of hydrogen-bond donors (Lipinski definition) is 1. The van der Waals surface area contributed by atoms with Crippen LogP contribution in [0.1, 0.15) is 57.8 Å². The van der Waals surface area contributed by atoms with E-state index in [-0.39, 0.29) is 17.5 Å². The van der Waals surface area contributed by atoms with Gasteiger partial charge in [0.25, 0.3) is 0 Å². The van der Waals surface area contributed by atoms with Crippen LogP contribution in [-0.4, -0.2) is 22.4 Å². The summed E-state index contributed by atoms with van der Waals surface area (Å²) in [6.07, 6.45) is 1.93. The first-order chi connectivity index (χ1) is 9.78. The molecule has 3 unspecified atom stereocenters. The molecule has 21 heavy (non-hydrogen) atoms. The Balaban J connectivity index is 1.97. The largest absolute Gasteiger partial charge is 0.318 e. The first kappa shape index (κ1) is 14.6. The highest BCUT2D eigenvalue weighted by Gasteiger charge is 2.59. The zero-order valence-electron chi connectivity index (χ0n) is 13.7. The highest BCUT2D eigenvalue weighted by atomic mass is 16.2. The molecule has 3 rings (SSSR count). The van der Waals surface area contributed by atoms with Crippen molar-refractivity contribution in [2.75, 3.05) is 0 Å². The van der Waals surface area contributed by atoms with E-state index in [1.54, 1.807) is 0 Å². The van der Waals surface area contributed by atoms with E-state index in [0.717, 1.165) is 12.8 Å². The molecule has 2 aliphatic rings. The predicted molar refractivity (Wildman–Crippen MR) is 84.8 cm³/mol. The average Bonchev–Trinajstić information content (AvgIpc) is 2.97. The number of aryl methyl sites for hydroxylation is 1. The van der Waals surface area contributed by atoms with Crippen molar-refractivity contribution in [2.24, 2.45) is 5.41 Å². The summed E-state index contributed by atoms with van der Waals surface area (Å²) in [5.74, 6) is 0.256. The molecule has 1 aliphatic heterocycles. The topological polar surface area (TPSA) is 32.3 Å². The highest BCUT2D eigenvalue weighted by molar-refractivity contribution is 5.89. The number of nitrogens with zero attached hydrogens (tertiary/aromatic N) is 1. The summed E-state index contributed by atoms with van der Waals surface area (Å²) in [5.41, 5.74) is 2.25. The maximum atomic E-state index is 12.9. The van der Waals surface area contributed by atoms with Crippen LogP contribution < -0.4 is 5.32 Å². The molecule has 1 aliphatic carbocycles. The third-order valence-corrected chi connectivity index (χ3v) is 5.34. The van der Waals surface area contributed by atoms with Gasteiger partial charge in [0.1, 0.15) is 6.17 Å². The molecule has 1 heterocycles. The van der Waals surface area contributed by atoms with Gasteiger partial charge in [0.15, 0.2) is 0 Å². The fourth-order valence-electron chi connectivity index (χ4n) is 3.32. The average molecular weight is 286 g/mol. The van der Waals surface area contributed by atoms with E-state index in [1.165, 1.54) is 11.1 Å². The molecule has 0 radical (unpaired) electrons. The second-order valence-electron chi connectivity index (χ2n) is 7.56. The summed E-state index contributed by atoms with van der Waals surface area (Å²) >= 11 is 0. The zero-order valence-corrected chi connectivity index (χ0v) is 13.7. The lowest BCUT2D eigenvalue weighted by atomic mass is 9.99. The van der Waals surface area contributed by atoms with Gasteiger partial charge in [-0.1, -0.05) is 50.6 Å². The number of carbonyl (C=O) groups is 1. The Morgan fingerprint density at radius 2 is 1.81 bits per heavy atom. The lowest BCUT2D eigenvalue weighted by Crippen LogP contribution is -2.43. The van der Waals surface area contributed by atoms with E-state index in [4.69, 9.17) is 0 Å². The first-order valence-corrected chi connectivity index (χ1v) is 7.95. The van der Waals surface area contributed by atoms with Gasteiger partial charge >= 0.3 is 0 Å². The fourth-order valence-corrected chi connectivity index (χ4v) is 3.32. The normalized spacial score (nSPS) is 34.3. The molecule has 0 aromatic heterocycles. The minimum atomic E-state index is -0.436. The van der Waals surface area contributed by atoms with Gasteiger partial charge < -0.3 is 4.90 Å². The van der Waals surface area contributed by atoms with Crippen molar-refractivity contribution in [3.8, 4) is 0 Å². The number of hydrogen-bond acceptors (Lipinski definition) is 2. The summed E-state index contributed by atoms with van der Waals surface area (Å²) in [4.78, 5) is 15.0. The summed E-state index contributed by atoms with van der Waals surface area (Å²) in [7, 11) is 0. The number of rotatable bonds is 3. The van der Waals surface area contributed by atoms with Crippen LogP contribution in [0.2, 0.25) is 0 Å². The van der Waals surface area contributed by atoms with Crippen molar-refractivity contribution in [2.45, 2.75) is 65.2 Å². The number of benzene rings is 1. The van der Waals surface area contributed by atoms with Gasteiger partial charge in [-0.15, -0.1) is 0 Å². The molecule has 3 heteroatoms. The van der Waals surface area contributed by atoms with E-state index in [1.807, 2.05) is 6.92 Å². The molecule has 0 bridgehead atoms. The Kier molecular flexibility index (Phi) is 3.17. The molecule has 2 fully saturated rings. The van der Waals surface area contributed by atoms with Crippen molar-refractivity contribution in [1.82, 2.24) is 10.2 Å². The van der Waals surface area contributed by atoms with Crippen LogP contribution >= 0.6 is 0 Å². The van der Waals surface area contributed by atoms with Crippen LogP contribution in [-0.2, 0) is 4.79 Å². The van der Waals surface area contributed by atoms with Gasteiger partial charge in [-0.05, 0) is 37.7 Å². The minimum Gasteiger partial charge on any atom is -0.318 e. The lowest BCUT2D eigenvalue weighted by Gasteiger charge is -2.26. The van der Waals surface area contributed by atoms with Crippen molar-refractivity contribution in [3.63, 3.8) is 0 Å². The molecule has 1 saturated heterocycles. The van der Waals surface area contributed by atoms with Crippen LogP contribution in [0.5, 0.6) is 0 Å². The molecule has 1 aromatic carbocycles. The molecular weight excluding hydrogens is 260 g/mol. The maximum Gasteiger partial charge on any atom is 0.244 e. The summed E-state index contributed by atoms with van der Waals surface area (Å²) in [6.45, 7) is 10.7. The van der Waals surface area contributed by atoms with Crippen molar-refractivity contribution in [3.05, 3.63) is 35.4 Å². The van der Waals surface area contributed by atoms with Crippen LogP contribution in [0.3, 0.4) is 0 Å². The molecule has 114 valence electrons. The van der Waals surface area contributed by atoms with E-state index < -0.39 is 5.54 Å². The summed E-state index contributed by atoms with van der Waals surface area (Å²) < 4.78 is 0. The minimum absolute atomic E-state index is 0.00910. The fraction of sp³-hybridized carbons (Fsp3) is 0.611. The van der Waals surface area contributed by atoms with Gasteiger partial charge in [-0.2, -0.15) is 0 Å². The SMILES string of the molecule is CCC1(C)NC(c2ccc(C)cc2)N(C2CC2(C)C)C1=O. The zero-order chi connectivity index (χ0) is 15.4. The highest BCUT2D eigenvalue weighted by Crippen LogP contribution is 2.53. The van der Waals surface area contributed by atoms with Crippen molar-refractivity contribution >= 4 is 5.91 Å². The Morgan fingerprint density at radius 3 is 2.29 bits per heavy atom. The molecule has 1 N–H and O–H groups in total. The van der Waals surface area contributed by atoms with Gasteiger partial charge in [-0.3, -0.25) is 10.1 Å². The standard InChI is InChI=1S/C18H26N2O/c1-6-18(5)16(21)20(14-11-17(14,3)4)15(19-18)13-9-7-12(2)8-10-13/h7-10,14-15,19H,6,11H2,1-5H3. The maximum absolute atomic E-state index is 12.9. The third kappa shape index (κ3) is 2.28. The van der Waals surface area contributed by atoms with Crippen molar-refractivity contribution < 1.29 is 4.79 Å². The Labute approximate surface area is 127 Å². The molecule has 1 aromatic rings. The molecule has 0 spiro atoms. The first-order valence-electron chi connectivity index (χ1n) is 7.95. The molecular formula is C18H26N2O. The molecule has 1 amide bonds. The van der Waals surface area contributed by atoms with Crippen LogP contribution in [0.25, 0.3) is 0 Å². The Morgan fingerprint density at radius 1 is 1.24 bits per heavy atom. The number of amides is 1. The van der Waals surface area contributed by atoms with E-state index in [0.29, 0.717) is 6.04 Å². The number of carbonyl (C=O) groups excluding carboxylic acids is 1. The van der Waals surface area contributed by atoms with Crippen molar-refractivity contribution in [1.29, 1.82) is 0 Å². The quantitative estimate of drug-likeness (QED) is 0.923. The van der Waals surface area contributed by atoms with Gasteiger partial charge in [-0.25, -0.2) is 0 Å². The second-order valence-corrected chi connectivity index (χ2v) is 7.56. The Hall–Kier alpha value is -1.35. The number of nitrogens with one attached hydrogen (secondary N) is 1. The lowest BCUT2D eigenvalue weighted by molar-refractivity contribution is -0.134. The summed E-state index contributed by atoms with van der Waals surface area (Å²) in [6, 6.07) is 8.89. The molecule has 1 saturated carbocycles. The van der Waals surface area contributed by atoms with E-state index in [9.17, 15) is 4.79 Å². The molecule has 3 atom stereocenters. The van der Waals surface area contributed by atoms with Gasteiger partial charge in [0.05, 0.1) is 5.54 Å². The van der Waals surface area contributed by atoms with Crippen LogP contribution in [0, 0.1) is 12.3 Å². The smallest absolute Gasteiger partial charge is 0.244 e. The monoisotopic (exact) mass is 286 g/mol.